The van der Waals surface area contributed by atoms with E-state index in [4.69, 9.17) is 4.74 Å². The summed E-state index contributed by atoms with van der Waals surface area (Å²) in [6, 6.07) is 10.7. The molecule has 0 saturated heterocycles. The van der Waals surface area contributed by atoms with Gasteiger partial charge < -0.3 is 15.4 Å². The molecule has 7 nitrogen and oxygen atoms in total. The van der Waals surface area contributed by atoms with Gasteiger partial charge >= 0.3 is 5.97 Å². The zero-order chi connectivity index (χ0) is 30.0. The minimum atomic E-state index is -1.02. The second-order valence-electron chi connectivity index (χ2n) is 11.9. The zero-order valence-corrected chi connectivity index (χ0v) is 27.0. The SMILES string of the molecule is CCCNC(=O)C(C)(S)CC(C)(C)C(=O)NCC(=O)Oc1cccc2c1CCC(N(CCC)CCc1cccs1)C2. The van der Waals surface area contributed by atoms with Gasteiger partial charge in [-0.2, -0.15) is 12.6 Å². The lowest BCUT2D eigenvalue weighted by molar-refractivity contribution is -0.138. The lowest BCUT2D eigenvalue weighted by atomic mass is 9.81. The smallest absolute Gasteiger partial charge is 0.330 e. The number of carbonyl (C=O) groups is 3. The number of fused-ring (bicyclic) bond motifs is 1. The van der Waals surface area contributed by atoms with Crippen molar-refractivity contribution in [1.82, 2.24) is 15.5 Å². The molecule has 1 heterocycles. The molecule has 226 valence electrons. The van der Waals surface area contributed by atoms with E-state index in [-0.39, 0.29) is 24.8 Å². The highest BCUT2D eigenvalue weighted by Gasteiger charge is 2.39. The molecule has 0 radical (unpaired) electrons. The Hall–Kier alpha value is -2.36. The summed E-state index contributed by atoms with van der Waals surface area (Å²) in [5.41, 5.74) is 1.40. The molecule has 2 atom stereocenters. The lowest BCUT2D eigenvalue weighted by Crippen LogP contribution is -2.48. The Kier molecular flexibility index (Phi) is 12.3. The molecule has 0 bridgehead atoms. The molecule has 3 rings (SSSR count). The Morgan fingerprint density at radius 3 is 2.51 bits per heavy atom. The molecule has 0 spiro atoms. The number of ether oxygens (including phenoxy) is 1. The van der Waals surface area contributed by atoms with E-state index in [1.165, 1.54) is 10.4 Å². The van der Waals surface area contributed by atoms with Gasteiger partial charge in [0, 0.05) is 29.4 Å². The van der Waals surface area contributed by atoms with Crippen molar-refractivity contribution in [3.05, 3.63) is 51.7 Å². The number of thiophene rings is 1. The van der Waals surface area contributed by atoms with Crippen LogP contribution < -0.4 is 15.4 Å². The van der Waals surface area contributed by atoms with E-state index in [1.807, 2.05) is 30.4 Å². The fraction of sp³-hybridized carbons (Fsp3) is 0.594. The molecule has 2 unspecified atom stereocenters. The molecule has 1 aromatic heterocycles. The van der Waals surface area contributed by atoms with Crippen molar-refractivity contribution in [2.24, 2.45) is 5.41 Å². The molecule has 2 N–H and O–H groups in total. The van der Waals surface area contributed by atoms with Crippen molar-refractivity contribution < 1.29 is 19.1 Å². The Labute approximate surface area is 255 Å². The van der Waals surface area contributed by atoms with Crippen molar-refractivity contribution in [2.45, 2.75) is 90.4 Å². The predicted octanol–water partition coefficient (Wildman–Crippen LogP) is 5.21. The van der Waals surface area contributed by atoms with Gasteiger partial charge in [-0.3, -0.25) is 14.5 Å². The first-order valence-corrected chi connectivity index (χ1v) is 16.2. The Morgan fingerprint density at radius 2 is 1.83 bits per heavy atom. The molecule has 0 saturated carbocycles. The molecule has 0 fully saturated rings. The summed E-state index contributed by atoms with van der Waals surface area (Å²) < 4.78 is 4.73. The average Bonchev–Trinajstić information content (AvgIpc) is 3.45. The standard InChI is InChI=1S/C32H47N3O4S2/c1-6-16-33-30(38)32(5,40)22-31(3,4)29(37)34-21-28(36)39-27-12-8-10-23-20-24(13-14-26(23)27)35(17-7-2)18-15-25-11-9-19-41-25/h8-12,19,24,40H,6-7,13-18,20-22H2,1-5H3,(H,33,38)(H,34,37). The van der Waals surface area contributed by atoms with Crippen LogP contribution in [0.25, 0.3) is 0 Å². The third-order valence-electron chi connectivity index (χ3n) is 7.71. The molecule has 2 aromatic rings. The fourth-order valence-corrected chi connectivity index (χ4v) is 6.81. The largest absolute Gasteiger partial charge is 0.425 e. The number of nitrogens with one attached hydrogen (secondary N) is 2. The first-order chi connectivity index (χ1) is 19.5. The van der Waals surface area contributed by atoms with Crippen LogP contribution in [-0.4, -0.2) is 59.7 Å². The first kappa shape index (κ1) is 33.1. The highest BCUT2D eigenvalue weighted by atomic mass is 32.1. The van der Waals surface area contributed by atoms with Crippen LogP contribution in [0.2, 0.25) is 0 Å². The first-order valence-electron chi connectivity index (χ1n) is 14.8. The molecule has 1 aromatic carbocycles. The summed E-state index contributed by atoms with van der Waals surface area (Å²) in [5, 5.41) is 7.68. The highest BCUT2D eigenvalue weighted by Crippen LogP contribution is 2.34. The number of benzene rings is 1. The van der Waals surface area contributed by atoms with Crippen molar-refractivity contribution in [2.75, 3.05) is 26.2 Å². The van der Waals surface area contributed by atoms with Gasteiger partial charge in [0.15, 0.2) is 0 Å². The maximum atomic E-state index is 13.0. The number of rotatable bonds is 15. The van der Waals surface area contributed by atoms with Gasteiger partial charge in [-0.05, 0) is 87.1 Å². The van der Waals surface area contributed by atoms with Crippen LogP contribution in [0.5, 0.6) is 5.75 Å². The van der Waals surface area contributed by atoms with Crippen LogP contribution in [0.4, 0.5) is 0 Å². The van der Waals surface area contributed by atoms with Crippen molar-refractivity contribution in [1.29, 1.82) is 0 Å². The number of nitrogens with zero attached hydrogens (tertiary/aromatic N) is 1. The normalized spacial score (nSPS) is 16.5. The number of amides is 2. The van der Waals surface area contributed by atoms with E-state index in [0.717, 1.165) is 57.2 Å². The monoisotopic (exact) mass is 601 g/mol. The Morgan fingerprint density at radius 1 is 1.05 bits per heavy atom. The quantitative estimate of drug-likeness (QED) is 0.148. The third-order valence-corrected chi connectivity index (χ3v) is 9.01. The lowest BCUT2D eigenvalue weighted by Gasteiger charge is -2.35. The van der Waals surface area contributed by atoms with Crippen LogP contribution >= 0.6 is 24.0 Å². The van der Waals surface area contributed by atoms with Crippen molar-refractivity contribution in [3.63, 3.8) is 0 Å². The number of carbonyl (C=O) groups excluding carboxylic acids is 3. The van der Waals surface area contributed by atoms with Crippen molar-refractivity contribution in [3.8, 4) is 5.75 Å². The predicted molar refractivity (Wildman–Crippen MR) is 170 cm³/mol. The van der Waals surface area contributed by atoms with Crippen LogP contribution in [0.1, 0.15) is 76.3 Å². The molecule has 1 aliphatic carbocycles. The van der Waals surface area contributed by atoms with Gasteiger partial charge in [0.2, 0.25) is 11.8 Å². The summed E-state index contributed by atoms with van der Waals surface area (Å²) in [6.45, 7) is 11.9. The molecule has 1 aliphatic rings. The van der Waals surface area contributed by atoms with Crippen LogP contribution in [0.3, 0.4) is 0 Å². The highest BCUT2D eigenvalue weighted by molar-refractivity contribution is 7.82. The maximum absolute atomic E-state index is 13.0. The Bertz CT molecular complexity index is 1160. The van der Waals surface area contributed by atoms with Crippen LogP contribution in [-0.2, 0) is 33.6 Å². The van der Waals surface area contributed by atoms with Crippen LogP contribution in [0.15, 0.2) is 35.7 Å². The minimum absolute atomic E-state index is 0.209. The number of hydrogen-bond donors (Lipinski definition) is 3. The molecular formula is C32H47N3O4S2. The second-order valence-corrected chi connectivity index (χ2v) is 13.9. The number of esters is 1. The molecule has 41 heavy (non-hydrogen) atoms. The van der Waals surface area contributed by atoms with Gasteiger partial charge in [-0.1, -0.05) is 45.9 Å². The van der Waals surface area contributed by atoms with Gasteiger partial charge in [0.1, 0.15) is 12.3 Å². The summed E-state index contributed by atoms with van der Waals surface area (Å²) >= 11 is 6.35. The van der Waals surface area contributed by atoms with Crippen molar-refractivity contribution >= 4 is 41.7 Å². The fourth-order valence-electron chi connectivity index (χ4n) is 5.63. The Balaban J connectivity index is 1.55. The molecule has 0 aliphatic heterocycles. The maximum Gasteiger partial charge on any atom is 0.330 e. The van der Waals surface area contributed by atoms with E-state index < -0.39 is 16.1 Å². The molecule has 9 heteroatoms. The van der Waals surface area contributed by atoms with E-state index >= 15 is 0 Å². The van der Waals surface area contributed by atoms with Gasteiger partial charge in [-0.25, -0.2) is 4.79 Å². The van der Waals surface area contributed by atoms with E-state index in [0.29, 0.717) is 18.3 Å². The average molecular weight is 602 g/mol. The number of thiol groups is 1. The summed E-state index contributed by atoms with van der Waals surface area (Å²) in [4.78, 5) is 42.3. The van der Waals surface area contributed by atoms with E-state index in [2.05, 4.69) is 58.7 Å². The summed E-state index contributed by atoms with van der Waals surface area (Å²) in [7, 11) is 0. The summed E-state index contributed by atoms with van der Waals surface area (Å²) in [5.74, 6) is -0.466. The van der Waals surface area contributed by atoms with Gasteiger partial charge in [0.05, 0.1) is 4.75 Å². The number of hydrogen-bond acceptors (Lipinski definition) is 7. The van der Waals surface area contributed by atoms with Gasteiger partial charge in [-0.15, -0.1) is 11.3 Å². The minimum Gasteiger partial charge on any atom is -0.425 e. The van der Waals surface area contributed by atoms with Gasteiger partial charge in [0.25, 0.3) is 0 Å². The zero-order valence-electron chi connectivity index (χ0n) is 25.3. The topological polar surface area (TPSA) is 87.7 Å². The third kappa shape index (κ3) is 9.58. The van der Waals surface area contributed by atoms with E-state index in [9.17, 15) is 14.4 Å². The molecular weight excluding hydrogens is 555 g/mol. The second kappa shape index (κ2) is 15.2. The molecule has 2 amide bonds. The summed E-state index contributed by atoms with van der Waals surface area (Å²) in [6.07, 6.45) is 6.03. The van der Waals surface area contributed by atoms with E-state index in [1.54, 1.807) is 20.8 Å². The van der Waals surface area contributed by atoms with Crippen LogP contribution in [0, 0.1) is 5.41 Å².